The van der Waals surface area contributed by atoms with Crippen LogP contribution in [0.1, 0.15) is 17.0 Å². The molecule has 1 aromatic heterocycles. The van der Waals surface area contributed by atoms with Crippen LogP contribution in [0.5, 0.6) is 0 Å². The molecule has 90 valence electrons. The van der Waals surface area contributed by atoms with Crippen molar-refractivity contribution in [3.63, 3.8) is 0 Å². The number of carbonyl (C=O) groups is 1. The molecule has 0 fully saturated rings. The summed E-state index contributed by atoms with van der Waals surface area (Å²) >= 11 is 0. The maximum absolute atomic E-state index is 12.6. The maximum atomic E-state index is 12.6. The van der Waals surface area contributed by atoms with Gasteiger partial charge in [0.1, 0.15) is 11.8 Å². The quantitative estimate of drug-likeness (QED) is 0.742. The Labute approximate surface area is 94.6 Å². The largest absolute Gasteiger partial charge is 0.469 e. The van der Waals surface area contributed by atoms with E-state index >= 15 is 0 Å². The monoisotopic (exact) mass is 244 g/mol. The van der Waals surface area contributed by atoms with Crippen molar-refractivity contribution in [2.24, 2.45) is 0 Å². The number of esters is 1. The number of halogens is 3. The Morgan fingerprint density at radius 1 is 1.53 bits per heavy atom. The van der Waals surface area contributed by atoms with Gasteiger partial charge in [0.05, 0.1) is 24.8 Å². The number of nitriles is 1. The molecule has 0 saturated carbocycles. The van der Waals surface area contributed by atoms with E-state index in [1.165, 1.54) is 0 Å². The lowest BCUT2D eigenvalue weighted by atomic mass is 10.1. The van der Waals surface area contributed by atoms with Gasteiger partial charge in [-0.05, 0) is 12.1 Å². The Hall–Kier alpha value is -2.10. The molecule has 0 spiro atoms. The molecule has 0 aliphatic rings. The van der Waals surface area contributed by atoms with Crippen LogP contribution in [0.15, 0.2) is 12.1 Å². The second-order valence-corrected chi connectivity index (χ2v) is 3.05. The van der Waals surface area contributed by atoms with Crippen LogP contribution < -0.4 is 0 Å². The Morgan fingerprint density at radius 3 is 2.65 bits per heavy atom. The van der Waals surface area contributed by atoms with Crippen LogP contribution in [0.25, 0.3) is 0 Å². The van der Waals surface area contributed by atoms with Crippen molar-refractivity contribution in [3.8, 4) is 6.07 Å². The highest BCUT2D eigenvalue weighted by atomic mass is 19.4. The van der Waals surface area contributed by atoms with Crippen LogP contribution in [0, 0.1) is 11.3 Å². The Balaban J connectivity index is 3.22. The first-order valence-electron chi connectivity index (χ1n) is 4.42. The van der Waals surface area contributed by atoms with E-state index < -0.39 is 29.8 Å². The average Bonchev–Trinajstić information content (AvgIpc) is 2.27. The molecule has 1 aromatic rings. The Bertz CT molecular complexity index is 477. The lowest BCUT2D eigenvalue weighted by molar-refractivity contribution is -0.141. The fraction of sp³-hybridized carbons (Fsp3) is 0.300. The molecular formula is C10H7F3N2O2. The summed E-state index contributed by atoms with van der Waals surface area (Å²) in [5.74, 6) is -0.849. The average molecular weight is 244 g/mol. The van der Waals surface area contributed by atoms with Gasteiger partial charge in [-0.1, -0.05) is 0 Å². The molecule has 0 aliphatic carbocycles. The van der Waals surface area contributed by atoms with E-state index in [-0.39, 0.29) is 5.69 Å². The fourth-order valence-corrected chi connectivity index (χ4v) is 1.17. The fourth-order valence-electron chi connectivity index (χ4n) is 1.17. The molecule has 1 rings (SSSR count). The van der Waals surface area contributed by atoms with Crippen molar-refractivity contribution < 1.29 is 22.7 Å². The van der Waals surface area contributed by atoms with E-state index in [2.05, 4.69) is 9.72 Å². The van der Waals surface area contributed by atoms with Gasteiger partial charge in [0, 0.05) is 0 Å². The van der Waals surface area contributed by atoms with Crippen molar-refractivity contribution in [3.05, 3.63) is 29.1 Å². The number of hydrogen-bond donors (Lipinski definition) is 0. The van der Waals surface area contributed by atoms with E-state index in [0.717, 1.165) is 19.2 Å². The summed E-state index contributed by atoms with van der Waals surface area (Å²) in [5, 5.41) is 8.54. The molecule has 7 heteroatoms. The van der Waals surface area contributed by atoms with Crippen molar-refractivity contribution in [1.82, 2.24) is 4.98 Å². The third-order valence-corrected chi connectivity index (χ3v) is 1.93. The maximum Gasteiger partial charge on any atom is 0.418 e. The number of hydrogen-bond acceptors (Lipinski definition) is 4. The topological polar surface area (TPSA) is 63.0 Å². The molecule has 4 nitrogen and oxygen atoms in total. The minimum absolute atomic E-state index is 0.183. The van der Waals surface area contributed by atoms with Crippen molar-refractivity contribution in [2.45, 2.75) is 12.6 Å². The van der Waals surface area contributed by atoms with E-state index in [9.17, 15) is 18.0 Å². The SMILES string of the molecule is COC(=O)Cc1nc(C#N)ccc1C(F)(F)F. The molecule has 0 atom stereocenters. The molecule has 0 aromatic carbocycles. The van der Waals surface area contributed by atoms with Gasteiger partial charge >= 0.3 is 12.1 Å². The summed E-state index contributed by atoms with van der Waals surface area (Å²) in [5.41, 5.74) is -1.73. The van der Waals surface area contributed by atoms with Gasteiger partial charge in [-0.25, -0.2) is 4.98 Å². The minimum Gasteiger partial charge on any atom is -0.469 e. The zero-order chi connectivity index (χ0) is 13.1. The van der Waals surface area contributed by atoms with Crippen LogP contribution in [0.3, 0.4) is 0 Å². The van der Waals surface area contributed by atoms with Gasteiger partial charge in [-0.15, -0.1) is 0 Å². The third kappa shape index (κ3) is 3.17. The molecule has 17 heavy (non-hydrogen) atoms. The minimum atomic E-state index is -4.62. The number of rotatable bonds is 2. The van der Waals surface area contributed by atoms with Gasteiger partial charge in [0.15, 0.2) is 0 Å². The number of ether oxygens (including phenoxy) is 1. The standard InChI is InChI=1S/C10H7F3N2O2/c1-17-9(16)4-8-7(10(11,12)13)3-2-6(5-14)15-8/h2-3H,4H2,1H3. The smallest absolute Gasteiger partial charge is 0.418 e. The molecule has 0 radical (unpaired) electrons. The van der Waals surface area contributed by atoms with E-state index in [0.29, 0.717) is 0 Å². The lowest BCUT2D eigenvalue weighted by Crippen LogP contribution is -2.15. The summed E-state index contributed by atoms with van der Waals surface area (Å²) in [7, 11) is 1.06. The van der Waals surface area contributed by atoms with Gasteiger partial charge < -0.3 is 4.74 Å². The molecular weight excluding hydrogens is 237 g/mol. The highest BCUT2D eigenvalue weighted by molar-refractivity contribution is 5.72. The highest BCUT2D eigenvalue weighted by Gasteiger charge is 2.34. The summed E-state index contributed by atoms with van der Waals surface area (Å²) < 4.78 is 42.0. The molecule has 0 bridgehead atoms. The summed E-state index contributed by atoms with van der Waals surface area (Å²) in [6.07, 6.45) is -5.24. The predicted octanol–water partition coefficient (Wildman–Crippen LogP) is 1.69. The highest BCUT2D eigenvalue weighted by Crippen LogP contribution is 2.31. The number of carbonyl (C=O) groups excluding carboxylic acids is 1. The number of nitrogens with zero attached hydrogens (tertiary/aromatic N) is 2. The number of alkyl halides is 3. The second kappa shape index (κ2) is 4.82. The van der Waals surface area contributed by atoms with Crippen molar-refractivity contribution >= 4 is 5.97 Å². The molecule has 0 amide bonds. The van der Waals surface area contributed by atoms with Crippen LogP contribution in [0.4, 0.5) is 13.2 Å². The molecule has 0 aliphatic heterocycles. The Morgan fingerprint density at radius 2 is 2.18 bits per heavy atom. The third-order valence-electron chi connectivity index (χ3n) is 1.93. The van der Waals surface area contributed by atoms with Crippen LogP contribution >= 0.6 is 0 Å². The number of aromatic nitrogens is 1. The van der Waals surface area contributed by atoms with Crippen LogP contribution in [0.2, 0.25) is 0 Å². The molecule has 0 saturated heterocycles. The zero-order valence-electron chi connectivity index (χ0n) is 8.71. The summed E-state index contributed by atoms with van der Waals surface area (Å²) in [4.78, 5) is 14.4. The number of pyridine rings is 1. The zero-order valence-corrected chi connectivity index (χ0v) is 8.71. The molecule has 1 heterocycles. The van der Waals surface area contributed by atoms with Gasteiger partial charge in [-0.2, -0.15) is 18.4 Å². The summed E-state index contributed by atoms with van der Waals surface area (Å²) in [6, 6.07) is 3.28. The number of methoxy groups -OCH3 is 1. The van der Waals surface area contributed by atoms with Gasteiger partial charge in [0.25, 0.3) is 0 Å². The molecule has 0 unspecified atom stereocenters. The first-order chi connectivity index (χ1) is 7.88. The Kier molecular flexibility index (Phi) is 3.68. The van der Waals surface area contributed by atoms with E-state index in [1.54, 1.807) is 6.07 Å². The molecule has 0 N–H and O–H groups in total. The van der Waals surface area contributed by atoms with Crippen LogP contribution in [-0.2, 0) is 22.1 Å². The first kappa shape index (κ1) is 13.0. The van der Waals surface area contributed by atoms with E-state index in [1.807, 2.05) is 0 Å². The van der Waals surface area contributed by atoms with Crippen molar-refractivity contribution in [1.29, 1.82) is 5.26 Å². The second-order valence-electron chi connectivity index (χ2n) is 3.05. The van der Waals surface area contributed by atoms with E-state index in [4.69, 9.17) is 5.26 Å². The first-order valence-corrected chi connectivity index (χ1v) is 4.42. The summed E-state index contributed by atoms with van der Waals surface area (Å²) in [6.45, 7) is 0. The predicted molar refractivity (Wildman–Crippen MR) is 49.7 cm³/mol. The normalized spacial score (nSPS) is 10.8. The van der Waals surface area contributed by atoms with Crippen molar-refractivity contribution in [2.75, 3.05) is 7.11 Å². The lowest BCUT2D eigenvalue weighted by Gasteiger charge is -2.11. The van der Waals surface area contributed by atoms with Crippen LogP contribution in [-0.4, -0.2) is 18.1 Å². The van der Waals surface area contributed by atoms with Gasteiger partial charge in [0.2, 0.25) is 0 Å². The van der Waals surface area contributed by atoms with Gasteiger partial charge in [-0.3, -0.25) is 4.79 Å².